The van der Waals surface area contributed by atoms with E-state index in [2.05, 4.69) is 10.3 Å². The molecule has 3 aromatic rings. The molecule has 0 radical (unpaired) electrons. The maximum atomic E-state index is 12.5. The second kappa shape index (κ2) is 6.27. The molecule has 2 aliphatic heterocycles. The molecule has 0 unspecified atom stereocenters. The van der Waals surface area contributed by atoms with Crippen LogP contribution in [-0.2, 0) is 6.54 Å². The first-order chi connectivity index (χ1) is 13.5. The van der Waals surface area contributed by atoms with E-state index >= 15 is 0 Å². The summed E-state index contributed by atoms with van der Waals surface area (Å²) in [5, 5.41) is 4.52. The van der Waals surface area contributed by atoms with E-state index in [0.717, 1.165) is 16.5 Å². The summed E-state index contributed by atoms with van der Waals surface area (Å²) >= 11 is 5.98. The fraction of sp³-hybridized carbons (Fsp3) is 0.238. The van der Waals surface area contributed by atoms with Crippen LogP contribution in [0.4, 0.5) is 4.79 Å². The highest BCUT2D eigenvalue weighted by Crippen LogP contribution is 2.38. The second-order valence-electron chi connectivity index (χ2n) is 7.43. The molecule has 0 aliphatic carbocycles. The summed E-state index contributed by atoms with van der Waals surface area (Å²) in [6.45, 7) is 1.24. The average Bonchev–Trinajstić information content (AvgIpc) is 3.03. The van der Waals surface area contributed by atoms with Gasteiger partial charge >= 0.3 is 6.03 Å². The van der Waals surface area contributed by atoms with Gasteiger partial charge in [-0.1, -0.05) is 29.8 Å². The normalized spacial score (nSPS) is 17.2. The van der Waals surface area contributed by atoms with Crippen molar-refractivity contribution in [3.8, 4) is 5.75 Å². The average molecular weight is 396 g/mol. The number of carbonyl (C=O) groups excluding carboxylic acids is 2. The molecule has 0 saturated carbocycles. The van der Waals surface area contributed by atoms with E-state index in [-0.39, 0.29) is 11.8 Å². The Morgan fingerprint density at radius 3 is 2.89 bits per heavy atom. The van der Waals surface area contributed by atoms with Gasteiger partial charge in [-0.05, 0) is 35.9 Å². The molecule has 1 saturated heterocycles. The Labute approximate surface area is 166 Å². The van der Waals surface area contributed by atoms with Gasteiger partial charge in [0, 0.05) is 17.4 Å². The van der Waals surface area contributed by atoms with Crippen LogP contribution in [0.2, 0.25) is 5.15 Å². The van der Waals surface area contributed by atoms with Gasteiger partial charge in [-0.25, -0.2) is 4.79 Å². The molecule has 5 rings (SSSR count). The van der Waals surface area contributed by atoms with Crippen molar-refractivity contribution in [3.63, 3.8) is 0 Å². The van der Waals surface area contributed by atoms with Gasteiger partial charge in [0.25, 0.3) is 0 Å². The monoisotopic (exact) mass is 395 g/mol. The van der Waals surface area contributed by atoms with Crippen molar-refractivity contribution in [1.29, 1.82) is 0 Å². The van der Waals surface area contributed by atoms with E-state index in [0.29, 0.717) is 42.5 Å². The number of ketones is 1. The standard InChI is InChI=1S/C21H18ClN3O3/c22-19-8-14-7-13(5-6-16(14)24-19)10-23-20(27)25-11-21(12-25)9-17(26)15-3-1-2-4-18(15)28-21/h1-8,24H,9-12H2,(H,23,27). The Bertz CT molecular complexity index is 1100. The van der Waals surface area contributed by atoms with Gasteiger partial charge in [-0.3, -0.25) is 4.79 Å². The van der Waals surface area contributed by atoms with Gasteiger partial charge in [0.15, 0.2) is 11.4 Å². The number of likely N-dealkylation sites (tertiary alicyclic amines) is 1. The van der Waals surface area contributed by atoms with Crippen molar-refractivity contribution >= 4 is 34.3 Å². The van der Waals surface area contributed by atoms with Crippen LogP contribution < -0.4 is 10.1 Å². The molecule has 2 aliphatic rings. The number of urea groups is 1. The number of nitrogens with zero attached hydrogens (tertiary/aromatic N) is 1. The Morgan fingerprint density at radius 2 is 2.04 bits per heavy atom. The minimum Gasteiger partial charge on any atom is -0.482 e. The summed E-state index contributed by atoms with van der Waals surface area (Å²) in [6.07, 6.45) is 0.304. The number of hydrogen-bond donors (Lipinski definition) is 2. The zero-order chi connectivity index (χ0) is 19.3. The zero-order valence-corrected chi connectivity index (χ0v) is 15.8. The van der Waals surface area contributed by atoms with Crippen LogP contribution in [-0.4, -0.2) is 40.4 Å². The van der Waals surface area contributed by atoms with Crippen LogP contribution >= 0.6 is 11.6 Å². The van der Waals surface area contributed by atoms with Crippen molar-refractivity contribution in [1.82, 2.24) is 15.2 Å². The predicted octanol–water partition coefficient (Wildman–Crippen LogP) is 3.75. The lowest BCUT2D eigenvalue weighted by molar-refractivity contribution is -0.0596. The number of amides is 2. The minimum absolute atomic E-state index is 0.0698. The summed E-state index contributed by atoms with van der Waals surface area (Å²) in [7, 11) is 0. The number of para-hydroxylation sites is 1. The Kier molecular flexibility index (Phi) is 3.84. The number of carbonyl (C=O) groups is 2. The molecule has 7 heteroatoms. The molecular formula is C21H18ClN3O3. The molecule has 2 aromatic carbocycles. The predicted molar refractivity (Wildman–Crippen MR) is 106 cm³/mol. The van der Waals surface area contributed by atoms with Crippen LogP contribution in [0.3, 0.4) is 0 Å². The number of Topliss-reactive ketones (excluding diaryl/α,β-unsaturated/α-hetero) is 1. The van der Waals surface area contributed by atoms with Crippen molar-refractivity contribution < 1.29 is 14.3 Å². The number of benzene rings is 2. The number of hydrogen-bond acceptors (Lipinski definition) is 3. The van der Waals surface area contributed by atoms with E-state index in [4.69, 9.17) is 16.3 Å². The molecule has 2 N–H and O–H groups in total. The zero-order valence-electron chi connectivity index (χ0n) is 15.0. The summed E-state index contributed by atoms with van der Waals surface area (Å²) in [6, 6.07) is 14.9. The van der Waals surface area contributed by atoms with Crippen molar-refractivity contribution in [3.05, 3.63) is 64.8 Å². The lowest BCUT2D eigenvalue weighted by atomic mass is 9.84. The molecular weight excluding hydrogens is 378 g/mol. The highest BCUT2D eigenvalue weighted by atomic mass is 35.5. The molecule has 0 bridgehead atoms. The topological polar surface area (TPSA) is 74.4 Å². The number of aromatic amines is 1. The fourth-order valence-corrected chi connectivity index (χ4v) is 4.18. The number of fused-ring (bicyclic) bond motifs is 2. The number of aromatic nitrogens is 1. The molecule has 6 nitrogen and oxygen atoms in total. The Morgan fingerprint density at radius 1 is 1.21 bits per heavy atom. The first-order valence-electron chi connectivity index (χ1n) is 9.13. The van der Waals surface area contributed by atoms with Gasteiger partial charge in [-0.2, -0.15) is 0 Å². The van der Waals surface area contributed by atoms with E-state index in [1.807, 2.05) is 36.4 Å². The van der Waals surface area contributed by atoms with E-state index in [1.165, 1.54) is 0 Å². The number of nitrogens with one attached hydrogen (secondary N) is 2. The summed E-state index contributed by atoms with van der Waals surface area (Å²) in [5.41, 5.74) is 1.98. The van der Waals surface area contributed by atoms with Crippen LogP contribution in [0.5, 0.6) is 5.75 Å². The van der Waals surface area contributed by atoms with Crippen LogP contribution in [0.1, 0.15) is 22.3 Å². The van der Waals surface area contributed by atoms with E-state index in [9.17, 15) is 9.59 Å². The molecule has 1 spiro atoms. The maximum Gasteiger partial charge on any atom is 0.317 e. The third-order valence-corrected chi connectivity index (χ3v) is 5.54. The van der Waals surface area contributed by atoms with Crippen LogP contribution in [0.25, 0.3) is 10.9 Å². The molecule has 0 atom stereocenters. The number of halogens is 1. The first-order valence-corrected chi connectivity index (χ1v) is 9.50. The van der Waals surface area contributed by atoms with E-state index in [1.54, 1.807) is 17.0 Å². The third-order valence-electron chi connectivity index (χ3n) is 5.34. The van der Waals surface area contributed by atoms with Crippen molar-refractivity contribution in [2.24, 2.45) is 0 Å². The van der Waals surface area contributed by atoms with Gasteiger partial charge in [0.05, 0.1) is 25.1 Å². The largest absolute Gasteiger partial charge is 0.482 e. The SMILES string of the molecule is O=C1CC2(CN(C(=O)NCc3ccc4[nH]c(Cl)cc4c3)C2)Oc2ccccc21. The summed E-state index contributed by atoms with van der Waals surface area (Å²) in [5.74, 6) is 0.678. The highest BCUT2D eigenvalue weighted by Gasteiger charge is 2.51. The molecule has 142 valence electrons. The smallest absolute Gasteiger partial charge is 0.317 e. The third kappa shape index (κ3) is 2.90. The Hall–Kier alpha value is -2.99. The van der Waals surface area contributed by atoms with Crippen LogP contribution in [0.15, 0.2) is 48.5 Å². The lowest BCUT2D eigenvalue weighted by Gasteiger charge is -2.50. The molecule has 1 aromatic heterocycles. The van der Waals surface area contributed by atoms with Crippen LogP contribution in [0, 0.1) is 0 Å². The quantitative estimate of drug-likeness (QED) is 0.694. The van der Waals surface area contributed by atoms with Crippen molar-refractivity contribution in [2.75, 3.05) is 13.1 Å². The van der Waals surface area contributed by atoms with Gasteiger partial charge in [0.2, 0.25) is 0 Å². The highest BCUT2D eigenvalue weighted by molar-refractivity contribution is 6.30. The van der Waals surface area contributed by atoms with Gasteiger partial charge in [-0.15, -0.1) is 0 Å². The summed E-state index contributed by atoms with van der Waals surface area (Å²) in [4.78, 5) is 29.6. The van der Waals surface area contributed by atoms with Crippen molar-refractivity contribution in [2.45, 2.75) is 18.6 Å². The Balaban J connectivity index is 1.20. The molecule has 3 heterocycles. The first kappa shape index (κ1) is 17.1. The minimum atomic E-state index is -0.594. The molecule has 2 amide bonds. The number of rotatable bonds is 2. The van der Waals surface area contributed by atoms with Gasteiger partial charge in [0.1, 0.15) is 10.9 Å². The fourth-order valence-electron chi connectivity index (χ4n) is 3.96. The second-order valence-corrected chi connectivity index (χ2v) is 7.84. The summed E-state index contributed by atoms with van der Waals surface area (Å²) < 4.78 is 6.06. The number of H-pyrrole nitrogens is 1. The maximum absolute atomic E-state index is 12.5. The lowest BCUT2D eigenvalue weighted by Crippen LogP contribution is -2.69. The van der Waals surface area contributed by atoms with Gasteiger partial charge < -0.3 is 19.9 Å². The molecule has 1 fully saturated rings. The molecule has 28 heavy (non-hydrogen) atoms. The van der Waals surface area contributed by atoms with E-state index < -0.39 is 5.60 Å². The number of ether oxygens (including phenoxy) is 1.